The highest BCUT2D eigenvalue weighted by Crippen LogP contribution is 1.97. The van der Waals surface area contributed by atoms with Gasteiger partial charge >= 0.3 is 0 Å². The highest BCUT2D eigenvalue weighted by atomic mass is 16.2. The number of nitrogens with one attached hydrogen (secondary N) is 2. The molecule has 1 heterocycles. The monoisotopic (exact) mass is 332 g/mol. The van der Waals surface area contributed by atoms with Gasteiger partial charge in [-0.05, 0) is 32.4 Å². The average molecular weight is 332 g/mol. The van der Waals surface area contributed by atoms with E-state index < -0.39 is 0 Å². The fraction of sp³-hybridized carbons (Fsp3) is 0.412. The number of carbonyl (C=O) groups excluding carboxylic acids is 2. The molecule has 7 heteroatoms. The van der Waals surface area contributed by atoms with Gasteiger partial charge in [-0.1, -0.05) is 6.08 Å². The summed E-state index contributed by atoms with van der Waals surface area (Å²) in [6.45, 7) is 5.72. The van der Waals surface area contributed by atoms with Crippen LogP contribution in [0, 0.1) is 0 Å². The molecular weight excluding hydrogens is 308 g/mol. The van der Waals surface area contributed by atoms with Crippen molar-refractivity contribution in [3.63, 3.8) is 0 Å². The standard InChI is InChI=1S/C17H24N4O3/c1-5-13(8-18-4)9-19-15(22)11-21-10-14(6-7-16(21)23)17(24)20-12(2)3/h5-8,10,12H,9,11H2,1-4H3,(H,19,22)(H,20,24)/b13-5+,18-8?. The number of carbonyl (C=O) groups is 2. The van der Waals surface area contributed by atoms with E-state index in [0.29, 0.717) is 12.1 Å². The second-order valence-corrected chi connectivity index (χ2v) is 5.54. The van der Waals surface area contributed by atoms with Crippen LogP contribution in [0.5, 0.6) is 0 Å². The van der Waals surface area contributed by atoms with E-state index in [1.54, 1.807) is 13.3 Å². The summed E-state index contributed by atoms with van der Waals surface area (Å²) in [5.74, 6) is -0.600. The van der Waals surface area contributed by atoms with Crippen LogP contribution in [0.4, 0.5) is 0 Å². The molecule has 0 saturated carbocycles. The first-order chi connectivity index (χ1) is 11.4. The molecule has 1 rings (SSSR count). The van der Waals surface area contributed by atoms with Crippen molar-refractivity contribution in [2.45, 2.75) is 33.4 Å². The molecular formula is C17H24N4O3. The van der Waals surface area contributed by atoms with Crippen molar-refractivity contribution in [1.29, 1.82) is 0 Å². The van der Waals surface area contributed by atoms with Crippen molar-refractivity contribution >= 4 is 18.0 Å². The fourth-order valence-electron chi connectivity index (χ4n) is 1.93. The lowest BCUT2D eigenvalue weighted by atomic mass is 10.2. The van der Waals surface area contributed by atoms with E-state index in [4.69, 9.17) is 0 Å². The second kappa shape index (κ2) is 9.44. The van der Waals surface area contributed by atoms with E-state index in [2.05, 4.69) is 15.6 Å². The van der Waals surface area contributed by atoms with Crippen LogP contribution in [0.2, 0.25) is 0 Å². The third-order valence-electron chi connectivity index (χ3n) is 3.13. The molecule has 0 unspecified atom stereocenters. The summed E-state index contributed by atoms with van der Waals surface area (Å²) in [7, 11) is 1.65. The Morgan fingerprint density at radius 1 is 1.33 bits per heavy atom. The maximum absolute atomic E-state index is 12.0. The second-order valence-electron chi connectivity index (χ2n) is 5.54. The number of rotatable bonds is 7. The Balaban J connectivity index is 2.78. The third-order valence-corrected chi connectivity index (χ3v) is 3.13. The van der Waals surface area contributed by atoms with Crippen LogP contribution in [0.1, 0.15) is 31.1 Å². The van der Waals surface area contributed by atoms with Crippen molar-refractivity contribution in [3.8, 4) is 0 Å². The minimum atomic E-state index is -0.340. The molecule has 1 aromatic heterocycles. The summed E-state index contributed by atoms with van der Waals surface area (Å²) in [6, 6.07) is 2.72. The molecule has 0 aliphatic carbocycles. The molecule has 130 valence electrons. The minimum absolute atomic E-state index is 0.0133. The van der Waals surface area contributed by atoms with Gasteiger partial charge in [-0.3, -0.25) is 19.4 Å². The molecule has 0 aliphatic heterocycles. The quantitative estimate of drug-likeness (QED) is 0.722. The predicted octanol–water partition coefficient (Wildman–Crippen LogP) is 0.750. The minimum Gasteiger partial charge on any atom is -0.350 e. The molecule has 0 spiro atoms. The number of amides is 2. The van der Waals surface area contributed by atoms with Crippen LogP contribution in [0.3, 0.4) is 0 Å². The highest BCUT2D eigenvalue weighted by Gasteiger charge is 2.10. The van der Waals surface area contributed by atoms with E-state index in [9.17, 15) is 14.4 Å². The van der Waals surface area contributed by atoms with Crippen LogP contribution in [-0.2, 0) is 11.3 Å². The molecule has 0 fully saturated rings. The molecule has 0 radical (unpaired) electrons. The van der Waals surface area contributed by atoms with Gasteiger partial charge in [0.15, 0.2) is 0 Å². The normalized spacial score (nSPS) is 11.8. The van der Waals surface area contributed by atoms with Crippen molar-refractivity contribution in [2.75, 3.05) is 13.6 Å². The van der Waals surface area contributed by atoms with Gasteiger partial charge in [0.25, 0.3) is 11.5 Å². The number of allylic oxidation sites excluding steroid dienone is 1. The van der Waals surface area contributed by atoms with Gasteiger partial charge in [0.05, 0.1) is 5.56 Å². The number of hydrogen-bond acceptors (Lipinski definition) is 4. The summed E-state index contributed by atoms with van der Waals surface area (Å²) >= 11 is 0. The van der Waals surface area contributed by atoms with Crippen LogP contribution < -0.4 is 16.2 Å². The van der Waals surface area contributed by atoms with E-state index >= 15 is 0 Å². The van der Waals surface area contributed by atoms with E-state index in [1.165, 1.54) is 22.9 Å². The third kappa shape index (κ3) is 6.20. The molecule has 24 heavy (non-hydrogen) atoms. The van der Waals surface area contributed by atoms with Crippen molar-refractivity contribution in [1.82, 2.24) is 15.2 Å². The lowest BCUT2D eigenvalue weighted by Gasteiger charge is -2.11. The van der Waals surface area contributed by atoms with E-state index in [1.807, 2.05) is 26.8 Å². The summed E-state index contributed by atoms with van der Waals surface area (Å²) in [6.07, 6.45) is 4.89. The maximum atomic E-state index is 12.0. The SMILES string of the molecule is C/C=C(\C=NC)CNC(=O)Cn1cc(C(=O)NC(C)C)ccc1=O. The van der Waals surface area contributed by atoms with Gasteiger partial charge in [-0.25, -0.2) is 0 Å². The van der Waals surface area contributed by atoms with Crippen molar-refractivity contribution in [3.05, 3.63) is 45.9 Å². The molecule has 7 nitrogen and oxygen atoms in total. The van der Waals surface area contributed by atoms with Crippen LogP contribution >= 0.6 is 0 Å². The maximum Gasteiger partial charge on any atom is 0.252 e. The predicted molar refractivity (Wildman–Crippen MR) is 94.5 cm³/mol. The Hall–Kier alpha value is -2.70. The Labute approximate surface area is 141 Å². The topological polar surface area (TPSA) is 92.6 Å². The smallest absolute Gasteiger partial charge is 0.252 e. The van der Waals surface area contributed by atoms with Crippen LogP contribution in [-0.4, -0.2) is 42.2 Å². The molecule has 2 N–H and O–H groups in total. The van der Waals surface area contributed by atoms with E-state index in [0.717, 1.165) is 5.57 Å². The molecule has 0 saturated heterocycles. The Kier molecular flexibility index (Phi) is 7.61. The van der Waals surface area contributed by atoms with Gasteiger partial charge in [-0.15, -0.1) is 0 Å². The molecule has 0 aliphatic rings. The summed E-state index contributed by atoms with van der Waals surface area (Å²) < 4.78 is 1.22. The largest absolute Gasteiger partial charge is 0.350 e. The van der Waals surface area contributed by atoms with Crippen LogP contribution in [0.15, 0.2) is 39.8 Å². The zero-order chi connectivity index (χ0) is 18.1. The Morgan fingerprint density at radius 2 is 2.04 bits per heavy atom. The molecule has 2 amide bonds. The zero-order valence-electron chi connectivity index (χ0n) is 14.5. The molecule has 0 bridgehead atoms. The van der Waals surface area contributed by atoms with Gasteiger partial charge in [-0.2, -0.15) is 0 Å². The Bertz CT molecular complexity index is 702. The van der Waals surface area contributed by atoms with Crippen molar-refractivity contribution < 1.29 is 9.59 Å². The first-order valence-corrected chi connectivity index (χ1v) is 7.72. The number of hydrogen-bond donors (Lipinski definition) is 2. The Morgan fingerprint density at radius 3 is 2.62 bits per heavy atom. The lowest BCUT2D eigenvalue weighted by Crippen LogP contribution is -2.35. The number of aromatic nitrogens is 1. The van der Waals surface area contributed by atoms with Gasteiger partial charge in [0.2, 0.25) is 5.91 Å². The van der Waals surface area contributed by atoms with Gasteiger partial charge in [0, 0.05) is 38.1 Å². The number of aliphatic imine (C=N–C) groups is 1. The molecule has 0 atom stereocenters. The average Bonchev–Trinajstić information content (AvgIpc) is 2.52. The summed E-state index contributed by atoms with van der Waals surface area (Å²) in [5, 5.41) is 5.46. The summed E-state index contributed by atoms with van der Waals surface area (Å²) in [4.78, 5) is 39.7. The zero-order valence-corrected chi connectivity index (χ0v) is 14.5. The first kappa shape index (κ1) is 19.3. The molecule has 1 aromatic rings. The van der Waals surface area contributed by atoms with Crippen LogP contribution in [0.25, 0.3) is 0 Å². The molecule has 0 aromatic carbocycles. The van der Waals surface area contributed by atoms with Crippen molar-refractivity contribution in [2.24, 2.45) is 4.99 Å². The van der Waals surface area contributed by atoms with Gasteiger partial charge < -0.3 is 15.2 Å². The first-order valence-electron chi connectivity index (χ1n) is 7.72. The number of nitrogens with zero attached hydrogens (tertiary/aromatic N) is 2. The van der Waals surface area contributed by atoms with E-state index in [-0.39, 0.29) is 30.0 Å². The van der Waals surface area contributed by atoms with Gasteiger partial charge in [0.1, 0.15) is 6.54 Å². The fourth-order valence-corrected chi connectivity index (χ4v) is 1.93. The highest BCUT2D eigenvalue weighted by molar-refractivity contribution is 5.94. The lowest BCUT2D eigenvalue weighted by molar-refractivity contribution is -0.121. The summed E-state index contributed by atoms with van der Waals surface area (Å²) in [5.41, 5.74) is 0.860. The number of pyridine rings is 1.